The van der Waals surface area contributed by atoms with Crippen molar-refractivity contribution in [2.45, 2.75) is 0 Å². The molecule has 0 bridgehead atoms. The predicted octanol–water partition coefficient (Wildman–Crippen LogP) is 1.77. The molecule has 10 nitrogen and oxygen atoms in total. The molecule has 2 heterocycles. The van der Waals surface area contributed by atoms with Crippen LogP contribution in [-0.2, 0) is 9.59 Å². The van der Waals surface area contributed by atoms with E-state index in [1.807, 2.05) is 12.1 Å². The molecule has 2 rings (SSSR count). The van der Waals surface area contributed by atoms with E-state index in [2.05, 4.69) is 15.3 Å². The summed E-state index contributed by atoms with van der Waals surface area (Å²) in [6, 6.07) is 5.07. The molecule has 23 heavy (non-hydrogen) atoms. The third kappa shape index (κ3) is 7.04. The van der Waals surface area contributed by atoms with E-state index in [1.165, 1.54) is 18.5 Å². The Labute approximate surface area is 129 Å². The lowest BCUT2D eigenvalue weighted by Crippen LogP contribution is -1.94. The monoisotopic (exact) mass is 320 g/mol. The van der Waals surface area contributed by atoms with E-state index in [1.54, 1.807) is 6.20 Å². The Balaban J connectivity index is 0.000000284. The second kappa shape index (κ2) is 8.56. The first-order valence-electron chi connectivity index (χ1n) is 6.02. The van der Waals surface area contributed by atoms with Gasteiger partial charge in [-0.15, -0.1) is 0 Å². The van der Waals surface area contributed by atoms with Crippen LogP contribution in [0.5, 0.6) is 0 Å². The Morgan fingerprint density at radius 2 is 1.91 bits per heavy atom. The number of aromatic nitrogens is 2. The lowest BCUT2D eigenvalue weighted by Gasteiger charge is -2.02. The zero-order valence-electron chi connectivity index (χ0n) is 11.5. The first-order chi connectivity index (χ1) is 10.9. The van der Waals surface area contributed by atoms with Crippen LogP contribution < -0.4 is 5.32 Å². The number of nitrogens with one attached hydrogen (secondary N) is 2. The third-order valence-corrected chi connectivity index (χ3v) is 2.18. The second-order valence-corrected chi connectivity index (χ2v) is 3.91. The zero-order valence-corrected chi connectivity index (χ0v) is 11.5. The van der Waals surface area contributed by atoms with Crippen molar-refractivity contribution in [3.8, 4) is 0 Å². The van der Waals surface area contributed by atoms with Gasteiger partial charge in [0.2, 0.25) is 0 Å². The van der Waals surface area contributed by atoms with Crippen molar-refractivity contribution in [2.75, 3.05) is 5.32 Å². The minimum atomic E-state index is -1.26. The number of H-pyrrole nitrogens is 1. The van der Waals surface area contributed by atoms with Gasteiger partial charge in [0.25, 0.3) is 5.69 Å². The van der Waals surface area contributed by atoms with Crippen molar-refractivity contribution < 1.29 is 24.7 Å². The summed E-state index contributed by atoms with van der Waals surface area (Å²) in [5.74, 6) is -1.75. The Kier molecular flexibility index (Phi) is 6.46. The summed E-state index contributed by atoms with van der Waals surface area (Å²) in [5.41, 5.74) is 0.540. The number of aliphatic carboxylic acids is 2. The maximum Gasteiger partial charge on any atom is 0.328 e. The number of anilines is 2. The third-order valence-electron chi connectivity index (χ3n) is 2.18. The molecule has 4 N–H and O–H groups in total. The summed E-state index contributed by atoms with van der Waals surface area (Å²) in [6.45, 7) is 0. The van der Waals surface area contributed by atoms with Gasteiger partial charge in [-0.2, -0.15) is 0 Å². The fourth-order valence-corrected chi connectivity index (χ4v) is 1.30. The van der Waals surface area contributed by atoms with Gasteiger partial charge in [0.05, 0.1) is 16.8 Å². The highest BCUT2D eigenvalue weighted by Gasteiger charge is 2.06. The van der Waals surface area contributed by atoms with Gasteiger partial charge in [0, 0.05) is 24.4 Å². The standard InChI is InChI=1S/C9H8N4O2.C4H4O4/c14-13(15)8-4-7(5-10-6-8)12-9-2-1-3-11-9;5-3(6)1-2-4(7)8/h1-6,11-12H;1-2H,(H,5,6)(H,7,8)/b;2-1+. The molecule has 0 spiro atoms. The largest absolute Gasteiger partial charge is 0.478 e. The maximum atomic E-state index is 10.5. The summed E-state index contributed by atoms with van der Waals surface area (Å²) in [7, 11) is 0. The van der Waals surface area contributed by atoms with Gasteiger partial charge in [-0.05, 0) is 12.1 Å². The van der Waals surface area contributed by atoms with E-state index in [0.29, 0.717) is 17.8 Å². The van der Waals surface area contributed by atoms with Crippen LogP contribution in [0.1, 0.15) is 0 Å². The van der Waals surface area contributed by atoms with Crippen LogP contribution in [-0.4, -0.2) is 37.0 Å². The van der Waals surface area contributed by atoms with Crippen LogP contribution in [0.2, 0.25) is 0 Å². The summed E-state index contributed by atoms with van der Waals surface area (Å²) in [6.07, 6.45) is 5.60. The lowest BCUT2D eigenvalue weighted by atomic mass is 10.4. The normalized spacial score (nSPS) is 9.74. The maximum absolute atomic E-state index is 10.5. The van der Waals surface area contributed by atoms with Gasteiger partial charge in [-0.1, -0.05) is 0 Å². The fraction of sp³-hybridized carbons (Fsp3) is 0. The SMILES string of the molecule is O=C(O)/C=C/C(=O)O.O=[N+]([O-])c1cncc(Nc2ccc[nH]2)c1. The highest BCUT2D eigenvalue weighted by atomic mass is 16.6. The molecule has 0 aliphatic carbocycles. The first-order valence-corrected chi connectivity index (χ1v) is 6.02. The average Bonchev–Trinajstić information content (AvgIpc) is 2.99. The first kappa shape index (κ1) is 17.4. The van der Waals surface area contributed by atoms with Crippen LogP contribution in [0.3, 0.4) is 0 Å². The number of aromatic amines is 1. The molecular formula is C13H12N4O6. The Hall–Kier alpha value is -3.69. The van der Waals surface area contributed by atoms with Gasteiger partial charge in [0.1, 0.15) is 12.0 Å². The zero-order chi connectivity index (χ0) is 17.2. The quantitative estimate of drug-likeness (QED) is 0.368. The van der Waals surface area contributed by atoms with E-state index in [0.717, 1.165) is 5.82 Å². The predicted molar refractivity (Wildman–Crippen MR) is 79.4 cm³/mol. The molecule has 0 aromatic carbocycles. The van der Waals surface area contributed by atoms with Crippen molar-refractivity contribution in [3.05, 3.63) is 59.1 Å². The molecule has 2 aromatic heterocycles. The fourth-order valence-electron chi connectivity index (χ4n) is 1.30. The molecule has 0 atom stereocenters. The molecule has 0 aliphatic rings. The number of nitro groups is 1. The summed E-state index contributed by atoms with van der Waals surface area (Å²) >= 11 is 0. The van der Waals surface area contributed by atoms with E-state index in [9.17, 15) is 19.7 Å². The van der Waals surface area contributed by atoms with E-state index < -0.39 is 16.9 Å². The van der Waals surface area contributed by atoms with Crippen LogP contribution in [0.15, 0.2) is 48.9 Å². The number of hydrogen-bond acceptors (Lipinski definition) is 6. The van der Waals surface area contributed by atoms with E-state index in [4.69, 9.17) is 10.2 Å². The molecule has 0 aliphatic heterocycles. The number of carboxylic acids is 2. The summed E-state index contributed by atoms with van der Waals surface area (Å²) in [4.78, 5) is 35.8. The summed E-state index contributed by atoms with van der Waals surface area (Å²) in [5, 5.41) is 29.1. The van der Waals surface area contributed by atoms with Crippen LogP contribution in [0.4, 0.5) is 17.2 Å². The van der Waals surface area contributed by atoms with E-state index in [-0.39, 0.29) is 5.69 Å². The number of pyridine rings is 1. The van der Waals surface area contributed by atoms with Crippen molar-refractivity contribution >= 4 is 29.1 Å². The second-order valence-electron chi connectivity index (χ2n) is 3.91. The molecule has 0 saturated heterocycles. The minimum absolute atomic E-state index is 0.0356. The highest BCUT2D eigenvalue weighted by molar-refractivity contribution is 5.89. The molecule has 0 unspecified atom stereocenters. The smallest absolute Gasteiger partial charge is 0.328 e. The molecule has 0 radical (unpaired) electrons. The minimum Gasteiger partial charge on any atom is -0.478 e. The topological polar surface area (TPSA) is 158 Å². The number of carboxylic acid groups (broad SMARTS) is 2. The molecule has 2 aromatic rings. The highest BCUT2D eigenvalue weighted by Crippen LogP contribution is 2.18. The molecule has 0 saturated carbocycles. The Morgan fingerprint density at radius 1 is 1.26 bits per heavy atom. The van der Waals surface area contributed by atoms with Crippen molar-refractivity contribution in [1.29, 1.82) is 0 Å². The van der Waals surface area contributed by atoms with Crippen LogP contribution in [0.25, 0.3) is 0 Å². The molecule has 0 amide bonds. The number of rotatable bonds is 5. The summed E-state index contributed by atoms with van der Waals surface area (Å²) < 4.78 is 0. The van der Waals surface area contributed by atoms with Crippen molar-refractivity contribution in [3.63, 3.8) is 0 Å². The van der Waals surface area contributed by atoms with Crippen molar-refractivity contribution in [1.82, 2.24) is 9.97 Å². The number of hydrogen-bond donors (Lipinski definition) is 4. The molecule has 10 heteroatoms. The molecular weight excluding hydrogens is 308 g/mol. The van der Waals surface area contributed by atoms with Gasteiger partial charge < -0.3 is 20.5 Å². The molecule has 120 valence electrons. The molecule has 0 fully saturated rings. The van der Waals surface area contributed by atoms with Gasteiger partial charge in [0.15, 0.2) is 0 Å². The Bertz CT molecular complexity index is 695. The van der Waals surface area contributed by atoms with Crippen LogP contribution in [0, 0.1) is 10.1 Å². The van der Waals surface area contributed by atoms with Crippen molar-refractivity contribution in [2.24, 2.45) is 0 Å². The van der Waals surface area contributed by atoms with Crippen LogP contribution >= 0.6 is 0 Å². The average molecular weight is 320 g/mol. The van der Waals surface area contributed by atoms with Gasteiger partial charge in [-0.3, -0.25) is 15.1 Å². The van der Waals surface area contributed by atoms with Gasteiger partial charge in [-0.25, -0.2) is 9.59 Å². The number of nitrogens with zero attached hydrogens (tertiary/aromatic N) is 2. The number of carbonyl (C=O) groups is 2. The Morgan fingerprint density at radius 3 is 2.39 bits per heavy atom. The van der Waals surface area contributed by atoms with Gasteiger partial charge >= 0.3 is 11.9 Å². The lowest BCUT2D eigenvalue weighted by molar-refractivity contribution is -0.385. The van der Waals surface area contributed by atoms with E-state index >= 15 is 0 Å².